The van der Waals surface area contributed by atoms with Crippen LogP contribution >= 0.6 is 11.6 Å². The number of carbonyl (C=O) groups is 3. The molecule has 0 radical (unpaired) electrons. The molecule has 0 saturated heterocycles. The Morgan fingerprint density at radius 3 is 2.43 bits per heavy atom. The van der Waals surface area contributed by atoms with Crippen LogP contribution in [0.25, 0.3) is 5.53 Å². The van der Waals surface area contributed by atoms with Crippen LogP contribution in [0.5, 0.6) is 0 Å². The minimum atomic E-state index is -1.57. The molecule has 0 saturated carbocycles. The lowest BCUT2D eigenvalue weighted by atomic mass is 10.1. The van der Waals surface area contributed by atoms with E-state index >= 15 is 0 Å². The van der Waals surface area contributed by atoms with Crippen molar-refractivity contribution in [3.63, 3.8) is 0 Å². The molecule has 0 bridgehead atoms. The SMILES string of the molecule is [N-]=[N+]=CC(=O)CC[C@H](NC(=O)[C@@H](O)c1ccc(Cl)cc1)C(=O)O. The van der Waals surface area contributed by atoms with Gasteiger partial charge in [-0.3, -0.25) is 9.59 Å². The average Bonchev–Trinajstić information content (AvgIpc) is 2.51. The lowest BCUT2D eigenvalue weighted by Crippen LogP contribution is -2.43. The molecule has 1 amide bonds. The smallest absolute Gasteiger partial charge is 0.326 e. The fourth-order valence-corrected chi connectivity index (χ4v) is 1.85. The third kappa shape index (κ3) is 5.99. The van der Waals surface area contributed by atoms with Gasteiger partial charge >= 0.3 is 12.2 Å². The van der Waals surface area contributed by atoms with Crippen molar-refractivity contribution in [2.24, 2.45) is 0 Å². The lowest BCUT2D eigenvalue weighted by Gasteiger charge is -2.17. The summed E-state index contributed by atoms with van der Waals surface area (Å²) in [5, 5.41) is 21.5. The highest BCUT2D eigenvalue weighted by molar-refractivity contribution is 6.30. The summed E-state index contributed by atoms with van der Waals surface area (Å²) < 4.78 is 0. The third-order valence-electron chi connectivity index (χ3n) is 2.93. The van der Waals surface area contributed by atoms with Crippen LogP contribution < -0.4 is 5.32 Å². The zero-order valence-corrected chi connectivity index (χ0v) is 12.6. The minimum absolute atomic E-state index is 0.209. The summed E-state index contributed by atoms with van der Waals surface area (Å²) in [6.07, 6.45) is -1.37. The van der Waals surface area contributed by atoms with E-state index in [1.165, 1.54) is 24.3 Å². The number of nitrogens with one attached hydrogen (secondary N) is 1. The van der Waals surface area contributed by atoms with Crippen LogP contribution in [0.15, 0.2) is 24.3 Å². The number of rotatable bonds is 8. The van der Waals surface area contributed by atoms with Crippen molar-refractivity contribution in [1.82, 2.24) is 5.32 Å². The standard InChI is InChI=1S/C14H14ClN3O5/c15-9-3-1-8(2-4-9)12(20)13(21)18-11(14(22)23)6-5-10(19)7-17-16/h1-4,7,11-12,20H,5-6H2,(H,18,21)(H,22,23)/t11-,12-/m0/s1. The fourth-order valence-electron chi connectivity index (χ4n) is 1.72. The molecule has 122 valence electrons. The normalized spacial score (nSPS) is 12.6. The average molecular weight is 340 g/mol. The Labute approximate surface area is 136 Å². The van der Waals surface area contributed by atoms with Crippen LogP contribution in [0.1, 0.15) is 24.5 Å². The Morgan fingerprint density at radius 2 is 1.91 bits per heavy atom. The van der Waals surface area contributed by atoms with E-state index in [4.69, 9.17) is 22.2 Å². The van der Waals surface area contributed by atoms with Gasteiger partial charge in [0.25, 0.3) is 5.91 Å². The zero-order chi connectivity index (χ0) is 17.4. The maximum atomic E-state index is 11.9. The number of carboxylic acid groups (broad SMARTS) is 1. The van der Waals surface area contributed by atoms with Crippen molar-refractivity contribution < 1.29 is 29.4 Å². The highest BCUT2D eigenvalue weighted by Gasteiger charge is 2.25. The van der Waals surface area contributed by atoms with E-state index in [1.807, 2.05) is 0 Å². The fraction of sp³-hybridized carbons (Fsp3) is 0.286. The Balaban J connectivity index is 2.69. The molecule has 2 atom stereocenters. The minimum Gasteiger partial charge on any atom is -0.480 e. The number of hydrogen-bond acceptors (Lipinski definition) is 4. The van der Waals surface area contributed by atoms with Gasteiger partial charge in [0.05, 0.1) is 0 Å². The molecular formula is C14H14ClN3O5. The molecule has 0 spiro atoms. The Hall–Kier alpha value is -2.54. The largest absolute Gasteiger partial charge is 0.480 e. The van der Waals surface area contributed by atoms with E-state index < -0.39 is 29.8 Å². The summed E-state index contributed by atoms with van der Waals surface area (Å²) in [4.78, 5) is 36.7. The molecule has 1 aromatic rings. The predicted molar refractivity (Wildman–Crippen MR) is 79.9 cm³/mol. The quantitative estimate of drug-likeness (QED) is 0.361. The number of ketones is 1. The van der Waals surface area contributed by atoms with Gasteiger partial charge in [0.2, 0.25) is 5.78 Å². The van der Waals surface area contributed by atoms with Gasteiger partial charge < -0.3 is 21.1 Å². The molecule has 23 heavy (non-hydrogen) atoms. The molecule has 0 aromatic heterocycles. The summed E-state index contributed by atoms with van der Waals surface area (Å²) >= 11 is 5.70. The number of aliphatic hydroxyl groups is 1. The van der Waals surface area contributed by atoms with Gasteiger partial charge in [-0.1, -0.05) is 23.7 Å². The Morgan fingerprint density at radius 1 is 1.30 bits per heavy atom. The van der Waals surface area contributed by atoms with Crippen molar-refractivity contribution >= 4 is 35.5 Å². The van der Waals surface area contributed by atoms with Gasteiger partial charge in [0, 0.05) is 11.4 Å². The molecule has 0 aliphatic carbocycles. The second-order valence-electron chi connectivity index (χ2n) is 4.60. The van der Waals surface area contributed by atoms with Crippen molar-refractivity contribution in [1.29, 1.82) is 0 Å². The molecule has 8 nitrogen and oxygen atoms in total. The van der Waals surface area contributed by atoms with Crippen molar-refractivity contribution in [2.45, 2.75) is 25.0 Å². The second kappa shape index (κ2) is 8.79. The van der Waals surface area contributed by atoms with Crippen LogP contribution in [0, 0.1) is 0 Å². The first-order chi connectivity index (χ1) is 10.8. The van der Waals surface area contributed by atoms with Crippen LogP contribution in [0.3, 0.4) is 0 Å². The molecule has 0 fully saturated rings. The number of amides is 1. The summed E-state index contributed by atoms with van der Waals surface area (Å²) in [5.74, 6) is -2.86. The highest BCUT2D eigenvalue weighted by atomic mass is 35.5. The number of nitrogens with zero attached hydrogens (tertiary/aromatic N) is 2. The van der Waals surface area contributed by atoms with E-state index in [0.717, 1.165) is 0 Å². The van der Waals surface area contributed by atoms with Gasteiger partial charge in [-0.15, -0.1) is 0 Å². The summed E-state index contributed by atoms with van der Waals surface area (Å²) in [5.41, 5.74) is 8.44. The van der Waals surface area contributed by atoms with Crippen LogP contribution in [-0.2, 0) is 14.4 Å². The number of aliphatic hydroxyl groups excluding tert-OH is 1. The number of benzene rings is 1. The van der Waals surface area contributed by atoms with E-state index in [1.54, 1.807) is 0 Å². The number of Topliss-reactive ketones (excluding diaryl/α,β-unsaturated/α-hetero) is 1. The second-order valence-corrected chi connectivity index (χ2v) is 5.04. The molecule has 0 aliphatic rings. The molecule has 0 unspecified atom stereocenters. The Kier molecular flexibility index (Phi) is 7.08. The summed E-state index contributed by atoms with van der Waals surface area (Å²) in [6.45, 7) is 0. The van der Waals surface area contributed by atoms with Crippen molar-refractivity contribution in [3.8, 4) is 0 Å². The first kappa shape index (κ1) is 18.5. The van der Waals surface area contributed by atoms with E-state index in [9.17, 15) is 19.5 Å². The molecule has 1 aromatic carbocycles. The molecule has 9 heteroatoms. The number of hydrogen-bond donors (Lipinski definition) is 3. The van der Waals surface area contributed by atoms with Crippen LogP contribution in [-0.4, -0.2) is 44.9 Å². The van der Waals surface area contributed by atoms with Crippen LogP contribution in [0.2, 0.25) is 5.02 Å². The molecule has 3 N–H and O–H groups in total. The van der Waals surface area contributed by atoms with E-state index in [0.29, 0.717) is 11.2 Å². The van der Waals surface area contributed by atoms with Gasteiger partial charge in [-0.05, 0) is 24.1 Å². The van der Waals surface area contributed by atoms with Gasteiger partial charge in [-0.25, -0.2) is 4.79 Å². The van der Waals surface area contributed by atoms with Crippen LogP contribution in [0.4, 0.5) is 0 Å². The van der Waals surface area contributed by atoms with Crippen molar-refractivity contribution in [2.75, 3.05) is 0 Å². The molecule has 0 heterocycles. The number of aliphatic carboxylic acids is 1. The lowest BCUT2D eigenvalue weighted by molar-refractivity contribution is -0.143. The molecule has 1 rings (SSSR count). The predicted octanol–water partition coefficient (Wildman–Crippen LogP) is 0.593. The maximum Gasteiger partial charge on any atom is 0.326 e. The van der Waals surface area contributed by atoms with Gasteiger partial charge in [0.1, 0.15) is 6.04 Å². The number of carboxylic acids is 1. The van der Waals surface area contributed by atoms with E-state index in [2.05, 4.69) is 10.1 Å². The maximum absolute atomic E-state index is 11.9. The first-order valence-corrected chi connectivity index (χ1v) is 6.90. The molecular weight excluding hydrogens is 326 g/mol. The highest BCUT2D eigenvalue weighted by Crippen LogP contribution is 2.17. The topological polar surface area (TPSA) is 140 Å². The third-order valence-corrected chi connectivity index (χ3v) is 3.18. The summed E-state index contributed by atoms with van der Waals surface area (Å²) in [6, 6.07) is 4.47. The number of halogens is 1. The monoisotopic (exact) mass is 339 g/mol. The molecule has 0 aliphatic heterocycles. The van der Waals surface area contributed by atoms with Gasteiger partial charge in [-0.2, -0.15) is 4.79 Å². The van der Waals surface area contributed by atoms with Crippen molar-refractivity contribution in [3.05, 3.63) is 40.4 Å². The van der Waals surface area contributed by atoms with Gasteiger partial charge in [0.15, 0.2) is 6.10 Å². The zero-order valence-electron chi connectivity index (χ0n) is 11.8. The number of carbonyl (C=O) groups excluding carboxylic acids is 2. The Bertz CT molecular complexity index is 640. The summed E-state index contributed by atoms with van der Waals surface area (Å²) in [7, 11) is 0. The first-order valence-electron chi connectivity index (χ1n) is 6.52. The van der Waals surface area contributed by atoms with E-state index in [-0.39, 0.29) is 18.4 Å².